The lowest BCUT2D eigenvalue weighted by atomic mass is 10.1. The Morgan fingerprint density at radius 1 is 1.07 bits per heavy atom. The summed E-state index contributed by atoms with van der Waals surface area (Å²) in [5, 5.41) is 0. The fraction of sp³-hybridized carbons (Fsp3) is 0.130. The molecule has 2 N–H and O–H groups in total. The van der Waals surface area contributed by atoms with Crippen LogP contribution in [-0.4, -0.2) is 23.8 Å². The van der Waals surface area contributed by atoms with Gasteiger partial charge in [0.25, 0.3) is 11.8 Å². The van der Waals surface area contributed by atoms with E-state index in [1.165, 1.54) is 11.0 Å². The molecule has 0 unspecified atom stereocenters. The number of ether oxygens (including phenoxy) is 1. The molecule has 0 aliphatic heterocycles. The second kappa shape index (κ2) is 9.54. The predicted molar refractivity (Wildman–Crippen MR) is 116 cm³/mol. The van der Waals surface area contributed by atoms with Gasteiger partial charge in [-0.2, -0.15) is 0 Å². The average molecular weight is 471 g/mol. The Morgan fingerprint density at radius 2 is 1.83 bits per heavy atom. The minimum absolute atomic E-state index is 0.136. The van der Waals surface area contributed by atoms with Gasteiger partial charge in [-0.05, 0) is 48.0 Å². The zero-order valence-corrected chi connectivity index (χ0v) is 17.9. The van der Waals surface area contributed by atoms with E-state index in [-0.39, 0.29) is 24.9 Å². The number of benzene rings is 3. The SMILES string of the molecule is CN(Cc1cc(Br)ccc1F)C(=O)c1cccc(COc2ccccc2C(N)=O)c1. The summed E-state index contributed by atoms with van der Waals surface area (Å²) < 4.78 is 20.5. The van der Waals surface area contributed by atoms with E-state index in [0.29, 0.717) is 22.4 Å². The number of nitrogens with two attached hydrogens (primary N) is 1. The Morgan fingerprint density at radius 3 is 2.60 bits per heavy atom. The van der Waals surface area contributed by atoms with Crippen molar-refractivity contribution in [2.24, 2.45) is 5.73 Å². The second-order valence-electron chi connectivity index (χ2n) is 6.75. The second-order valence-corrected chi connectivity index (χ2v) is 7.66. The highest BCUT2D eigenvalue weighted by Crippen LogP contribution is 2.20. The summed E-state index contributed by atoms with van der Waals surface area (Å²) in [5.74, 6) is -0.804. The van der Waals surface area contributed by atoms with Crippen molar-refractivity contribution >= 4 is 27.7 Å². The number of nitrogens with zero attached hydrogens (tertiary/aromatic N) is 1. The maximum atomic E-state index is 14.0. The van der Waals surface area contributed by atoms with Crippen LogP contribution in [0.1, 0.15) is 31.8 Å². The first kappa shape index (κ1) is 21.5. The van der Waals surface area contributed by atoms with Crippen molar-refractivity contribution < 1.29 is 18.7 Å². The van der Waals surface area contributed by atoms with Gasteiger partial charge in [0.15, 0.2) is 0 Å². The van der Waals surface area contributed by atoms with E-state index in [2.05, 4.69) is 15.9 Å². The van der Waals surface area contributed by atoms with Gasteiger partial charge in [0.1, 0.15) is 18.2 Å². The molecule has 2 amide bonds. The van der Waals surface area contributed by atoms with Crippen molar-refractivity contribution in [1.29, 1.82) is 0 Å². The number of para-hydroxylation sites is 1. The van der Waals surface area contributed by atoms with E-state index < -0.39 is 5.91 Å². The zero-order chi connectivity index (χ0) is 21.7. The van der Waals surface area contributed by atoms with Gasteiger partial charge in [0.2, 0.25) is 0 Å². The van der Waals surface area contributed by atoms with Crippen LogP contribution in [0.25, 0.3) is 0 Å². The van der Waals surface area contributed by atoms with E-state index in [4.69, 9.17) is 10.5 Å². The Hall–Kier alpha value is -3.19. The van der Waals surface area contributed by atoms with Gasteiger partial charge < -0.3 is 15.4 Å². The van der Waals surface area contributed by atoms with E-state index in [9.17, 15) is 14.0 Å². The summed E-state index contributed by atoms with van der Waals surface area (Å²) in [6, 6.07) is 18.3. The average Bonchev–Trinajstić information content (AvgIpc) is 2.74. The number of rotatable bonds is 7. The number of hydrogen-bond acceptors (Lipinski definition) is 3. The molecule has 0 bridgehead atoms. The van der Waals surface area contributed by atoms with Crippen LogP contribution < -0.4 is 10.5 Å². The van der Waals surface area contributed by atoms with Gasteiger partial charge in [-0.3, -0.25) is 9.59 Å². The van der Waals surface area contributed by atoms with Gasteiger partial charge in [-0.25, -0.2) is 4.39 Å². The van der Waals surface area contributed by atoms with Crippen molar-refractivity contribution in [2.75, 3.05) is 7.05 Å². The first-order valence-electron chi connectivity index (χ1n) is 9.15. The monoisotopic (exact) mass is 470 g/mol. The van der Waals surface area contributed by atoms with Gasteiger partial charge >= 0.3 is 0 Å². The summed E-state index contributed by atoms with van der Waals surface area (Å²) in [7, 11) is 1.62. The van der Waals surface area contributed by atoms with Crippen molar-refractivity contribution in [3.63, 3.8) is 0 Å². The van der Waals surface area contributed by atoms with Crippen molar-refractivity contribution in [2.45, 2.75) is 13.2 Å². The minimum atomic E-state index is -0.573. The van der Waals surface area contributed by atoms with Crippen LogP contribution in [0.3, 0.4) is 0 Å². The molecule has 154 valence electrons. The summed E-state index contributed by atoms with van der Waals surface area (Å²) in [6.07, 6.45) is 0. The van der Waals surface area contributed by atoms with Crippen LogP contribution in [0.5, 0.6) is 5.75 Å². The van der Waals surface area contributed by atoms with E-state index >= 15 is 0 Å². The van der Waals surface area contributed by atoms with E-state index in [0.717, 1.165) is 10.0 Å². The molecule has 0 atom stereocenters. The van der Waals surface area contributed by atoms with Crippen LogP contribution in [0.2, 0.25) is 0 Å². The van der Waals surface area contributed by atoms with Crippen LogP contribution in [0, 0.1) is 5.82 Å². The topological polar surface area (TPSA) is 72.6 Å². The van der Waals surface area contributed by atoms with Crippen molar-refractivity contribution in [3.05, 3.63) is 99.3 Å². The third kappa shape index (κ3) is 5.24. The quantitative estimate of drug-likeness (QED) is 0.550. The summed E-state index contributed by atoms with van der Waals surface area (Å²) in [5.41, 5.74) is 7.28. The van der Waals surface area contributed by atoms with Crippen LogP contribution >= 0.6 is 15.9 Å². The molecule has 7 heteroatoms. The first-order chi connectivity index (χ1) is 14.3. The fourth-order valence-corrected chi connectivity index (χ4v) is 3.37. The van der Waals surface area contributed by atoms with Crippen molar-refractivity contribution in [3.8, 4) is 5.75 Å². The molecule has 0 fully saturated rings. The van der Waals surface area contributed by atoms with E-state index in [1.54, 1.807) is 61.6 Å². The van der Waals surface area contributed by atoms with Crippen LogP contribution in [0.4, 0.5) is 4.39 Å². The molecule has 0 aliphatic carbocycles. The molecular formula is C23H20BrFN2O3. The molecule has 0 heterocycles. The molecular weight excluding hydrogens is 451 g/mol. The Labute approximate surface area is 182 Å². The third-order valence-corrected chi connectivity index (χ3v) is 4.98. The molecule has 0 saturated heterocycles. The lowest BCUT2D eigenvalue weighted by Crippen LogP contribution is -2.26. The molecule has 3 aromatic carbocycles. The Balaban J connectivity index is 1.71. The highest BCUT2D eigenvalue weighted by Gasteiger charge is 2.15. The molecule has 3 aromatic rings. The minimum Gasteiger partial charge on any atom is -0.488 e. The molecule has 5 nitrogen and oxygen atoms in total. The molecule has 0 aromatic heterocycles. The number of carbonyl (C=O) groups is 2. The van der Waals surface area contributed by atoms with Gasteiger partial charge in [0.05, 0.1) is 5.56 Å². The number of amides is 2. The highest BCUT2D eigenvalue weighted by atomic mass is 79.9. The molecule has 0 saturated carbocycles. The predicted octanol–water partition coefficient (Wildman–Crippen LogP) is 4.54. The zero-order valence-electron chi connectivity index (χ0n) is 16.3. The summed E-state index contributed by atoms with van der Waals surface area (Å²) >= 11 is 3.32. The lowest BCUT2D eigenvalue weighted by molar-refractivity contribution is 0.0783. The fourth-order valence-electron chi connectivity index (χ4n) is 2.96. The molecule has 30 heavy (non-hydrogen) atoms. The maximum Gasteiger partial charge on any atom is 0.253 e. The number of hydrogen-bond donors (Lipinski definition) is 1. The van der Waals surface area contributed by atoms with Gasteiger partial charge in [-0.15, -0.1) is 0 Å². The molecule has 3 rings (SSSR count). The number of primary amides is 1. The van der Waals surface area contributed by atoms with Gasteiger partial charge in [-0.1, -0.05) is 40.2 Å². The largest absolute Gasteiger partial charge is 0.488 e. The standard InChI is InChI=1S/C23H20BrFN2O3/c1-27(13-17-12-18(24)9-10-20(17)25)23(29)16-6-4-5-15(11-16)14-30-21-8-3-2-7-19(21)22(26)28/h2-12H,13-14H2,1H3,(H2,26,28). The Kier molecular flexibility index (Phi) is 6.84. The highest BCUT2D eigenvalue weighted by molar-refractivity contribution is 9.10. The molecule has 0 spiro atoms. The number of halogens is 2. The van der Waals surface area contributed by atoms with Crippen LogP contribution in [0.15, 0.2) is 71.2 Å². The summed E-state index contributed by atoms with van der Waals surface area (Å²) in [6.45, 7) is 0.298. The Bertz CT molecular complexity index is 1090. The summed E-state index contributed by atoms with van der Waals surface area (Å²) in [4.78, 5) is 25.8. The number of carbonyl (C=O) groups excluding carboxylic acids is 2. The smallest absolute Gasteiger partial charge is 0.253 e. The van der Waals surface area contributed by atoms with Crippen molar-refractivity contribution in [1.82, 2.24) is 4.90 Å². The maximum absolute atomic E-state index is 14.0. The molecule has 0 radical (unpaired) electrons. The van der Waals surface area contributed by atoms with E-state index in [1.807, 2.05) is 6.07 Å². The third-order valence-electron chi connectivity index (χ3n) is 4.48. The molecule has 0 aliphatic rings. The normalized spacial score (nSPS) is 10.5. The first-order valence-corrected chi connectivity index (χ1v) is 9.94. The van der Waals surface area contributed by atoms with Crippen LogP contribution in [-0.2, 0) is 13.2 Å². The lowest BCUT2D eigenvalue weighted by Gasteiger charge is -2.18. The van der Waals surface area contributed by atoms with Gasteiger partial charge in [0, 0.05) is 29.2 Å².